The molecule has 0 aliphatic carbocycles. The summed E-state index contributed by atoms with van der Waals surface area (Å²) in [7, 11) is 0. The van der Waals surface area contributed by atoms with Crippen molar-refractivity contribution in [1.29, 1.82) is 0 Å². The number of carbonyl (C=O) groups excluding carboxylic acids is 1. The van der Waals surface area contributed by atoms with Crippen molar-refractivity contribution in [3.8, 4) is 5.75 Å². The standard InChI is InChI=1S/C22H23N3O4/c1-2-29-14-10-11-18-17(13-14)20-21(25(18)12-6-5-9-19(26)24-28)15-7-3-4-8-16(15)22(27)23-20/h3-4,7-8,10-11,13,28H,2,5-6,9,12H2,1H3,(H,23,27)(H,24,26). The zero-order chi connectivity index (χ0) is 20.4. The van der Waals surface area contributed by atoms with Crippen molar-refractivity contribution in [2.24, 2.45) is 0 Å². The minimum atomic E-state index is -0.386. The van der Waals surface area contributed by atoms with Crippen molar-refractivity contribution in [2.75, 3.05) is 6.61 Å². The van der Waals surface area contributed by atoms with E-state index in [1.165, 1.54) is 0 Å². The first-order valence-corrected chi connectivity index (χ1v) is 9.76. The summed E-state index contributed by atoms with van der Waals surface area (Å²) < 4.78 is 7.85. The molecule has 3 N–H and O–H groups in total. The number of nitrogens with zero attached hydrogens (tertiary/aromatic N) is 1. The predicted octanol–water partition coefficient (Wildman–Crippen LogP) is 3.71. The Morgan fingerprint density at radius 2 is 1.93 bits per heavy atom. The molecule has 0 atom stereocenters. The molecule has 7 nitrogen and oxygen atoms in total. The quantitative estimate of drug-likeness (QED) is 0.253. The van der Waals surface area contributed by atoms with Crippen LogP contribution in [0.2, 0.25) is 0 Å². The molecule has 0 spiro atoms. The van der Waals surface area contributed by atoms with Crippen molar-refractivity contribution < 1.29 is 14.7 Å². The maximum atomic E-state index is 12.7. The summed E-state index contributed by atoms with van der Waals surface area (Å²) in [6.07, 6.45) is 1.67. The number of H-pyrrole nitrogens is 1. The van der Waals surface area contributed by atoms with Crippen LogP contribution in [0.4, 0.5) is 0 Å². The average Bonchev–Trinajstić information content (AvgIpc) is 3.04. The molecule has 29 heavy (non-hydrogen) atoms. The number of carbonyl (C=O) groups is 1. The van der Waals surface area contributed by atoms with Gasteiger partial charge in [0.2, 0.25) is 5.91 Å². The van der Waals surface area contributed by atoms with Crippen molar-refractivity contribution in [3.63, 3.8) is 0 Å². The molecule has 4 aromatic rings. The molecule has 150 valence electrons. The molecule has 0 fully saturated rings. The number of amides is 1. The summed E-state index contributed by atoms with van der Waals surface area (Å²) in [5, 5.41) is 11.1. The SMILES string of the molecule is CCOc1ccc2c(c1)c1[nH]c(=O)c3ccccc3c1n2CCCCC(=O)NO. The third kappa shape index (κ3) is 3.45. The minimum absolute atomic E-state index is 0.117. The van der Waals surface area contributed by atoms with E-state index in [9.17, 15) is 9.59 Å². The number of benzene rings is 2. The third-order valence-corrected chi connectivity index (χ3v) is 5.17. The largest absolute Gasteiger partial charge is 0.494 e. The number of pyridine rings is 1. The normalized spacial score (nSPS) is 11.4. The maximum Gasteiger partial charge on any atom is 0.256 e. The molecule has 0 aliphatic rings. The van der Waals surface area contributed by atoms with E-state index in [0.29, 0.717) is 25.0 Å². The second-order valence-electron chi connectivity index (χ2n) is 6.98. The Bertz CT molecular complexity index is 1260. The monoisotopic (exact) mass is 393 g/mol. The summed E-state index contributed by atoms with van der Waals surface area (Å²) in [4.78, 5) is 27.0. The Morgan fingerprint density at radius 3 is 2.69 bits per heavy atom. The first kappa shape index (κ1) is 19.0. The number of rotatable bonds is 7. The minimum Gasteiger partial charge on any atom is -0.494 e. The summed E-state index contributed by atoms with van der Waals surface area (Å²) >= 11 is 0. The van der Waals surface area contributed by atoms with Crippen LogP contribution in [0, 0.1) is 0 Å². The Balaban J connectivity index is 1.89. The Labute approximate surface area is 166 Å². The third-order valence-electron chi connectivity index (χ3n) is 5.17. The van der Waals surface area contributed by atoms with Gasteiger partial charge >= 0.3 is 0 Å². The van der Waals surface area contributed by atoms with Crippen LogP contribution in [0.25, 0.3) is 32.7 Å². The van der Waals surface area contributed by atoms with E-state index >= 15 is 0 Å². The van der Waals surface area contributed by atoms with Crippen LogP contribution in [-0.2, 0) is 11.3 Å². The van der Waals surface area contributed by atoms with E-state index in [-0.39, 0.29) is 17.9 Å². The molecule has 0 saturated carbocycles. The van der Waals surface area contributed by atoms with Gasteiger partial charge in [-0.1, -0.05) is 18.2 Å². The Morgan fingerprint density at radius 1 is 1.14 bits per heavy atom. The van der Waals surface area contributed by atoms with E-state index in [4.69, 9.17) is 9.94 Å². The van der Waals surface area contributed by atoms with E-state index in [0.717, 1.165) is 39.5 Å². The van der Waals surface area contributed by atoms with Crippen LogP contribution >= 0.6 is 0 Å². The number of hydrogen-bond acceptors (Lipinski definition) is 4. The molecule has 0 unspecified atom stereocenters. The first-order valence-electron chi connectivity index (χ1n) is 9.76. The first-order chi connectivity index (χ1) is 14.1. The van der Waals surface area contributed by atoms with Crippen LogP contribution in [0.15, 0.2) is 47.3 Å². The molecule has 7 heteroatoms. The van der Waals surface area contributed by atoms with E-state index < -0.39 is 0 Å². The predicted molar refractivity (Wildman–Crippen MR) is 113 cm³/mol. The number of ether oxygens (including phenoxy) is 1. The number of unbranched alkanes of at least 4 members (excludes halogenated alkanes) is 1. The van der Waals surface area contributed by atoms with E-state index in [2.05, 4.69) is 9.55 Å². The highest BCUT2D eigenvalue weighted by molar-refractivity contribution is 6.15. The molecule has 0 bridgehead atoms. The van der Waals surface area contributed by atoms with Crippen molar-refractivity contribution in [1.82, 2.24) is 15.0 Å². The van der Waals surface area contributed by atoms with Gasteiger partial charge in [0.1, 0.15) is 5.75 Å². The van der Waals surface area contributed by atoms with Gasteiger partial charge < -0.3 is 14.3 Å². The average molecular weight is 393 g/mol. The summed E-state index contributed by atoms with van der Waals surface area (Å²) in [5.41, 5.74) is 4.31. The summed E-state index contributed by atoms with van der Waals surface area (Å²) in [6.45, 7) is 3.19. The van der Waals surface area contributed by atoms with Crippen LogP contribution in [-0.4, -0.2) is 27.3 Å². The van der Waals surface area contributed by atoms with Crippen molar-refractivity contribution in [2.45, 2.75) is 32.7 Å². The molecule has 1 amide bonds. The molecule has 0 saturated heterocycles. The maximum absolute atomic E-state index is 12.7. The lowest BCUT2D eigenvalue weighted by molar-refractivity contribution is -0.129. The van der Waals surface area contributed by atoms with Gasteiger partial charge in [-0.2, -0.15) is 0 Å². The van der Waals surface area contributed by atoms with Gasteiger partial charge in [-0.25, -0.2) is 5.48 Å². The zero-order valence-corrected chi connectivity index (χ0v) is 16.2. The topological polar surface area (TPSA) is 96.4 Å². The number of nitrogens with one attached hydrogen (secondary N) is 2. The molecule has 2 heterocycles. The van der Waals surface area contributed by atoms with Crippen LogP contribution in [0.1, 0.15) is 26.2 Å². The van der Waals surface area contributed by atoms with Gasteiger partial charge in [-0.05, 0) is 44.0 Å². The van der Waals surface area contributed by atoms with E-state index in [1.54, 1.807) is 5.48 Å². The Kier molecular flexibility index (Phi) is 5.22. The fraction of sp³-hybridized carbons (Fsp3) is 0.273. The second-order valence-corrected chi connectivity index (χ2v) is 6.98. The number of aromatic amines is 1. The lowest BCUT2D eigenvalue weighted by Gasteiger charge is -2.09. The van der Waals surface area contributed by atoms with Crippen LogP contribution in [0.3, 0.4) is 0 Å². The molecule has 0 radical (unpaired) electrons. The highest BCUT2D eigenvalue weighted by Crippen LogP contribution is 2.33. The summed E-state index contributed by atoms with van der Waals surface area (Å²) in [5.74, 6) is 0.371. The van der Waals surface area contributed by atoms with Gasteiger partial charge in [0, 0.05) is 29.1 Å². The fourth-order valence-corrected chi connectivity index (χ4v) is 3.91. The Hall–Kier alpha value is -3.32. The van der Waals surface area contributed by atoms with Gasteiger partial charge in [0.05, 0.1) is 23.2 Å². The smallest absolute Gasteiger partial charge is 0.256 e. The molecular weight excluding hydrogens is 370 g/mol. The van der Waals surface area contributed by atoms with Crippen molar-refractivity contribution >= 4 is 38.6 Å². The van der Waals surface area contributed by atoms with Gasteiger partial charge in [-0.3, -0.25) is 14.8 Å². The number of aryl methyl sites for hydroxylation is 1. The fourth-order valence-electron chi connectivity index (χ4n) is 3.91. The number of hydrogen-bond donors (Lipinski definition) is 3. The number of fused-ring (bicyclic) bond motifs is 5. The molecule has 2 aromatic carbocycles. The molecule has 0 aliphatic heterocycles. The van der Waals surface area contributed by atoms with Gasteiger partial charge in [-0.15, -0.1) is 0 Å². The lowest BCUT2D eigenvalue weighted by Crippen LogP contribution is -2.18. The lowest BCUT2D eigenvalue weighted by atomic mass is 10.1. The molecular formula is C22H23N3O4. The van der Waals surface area contributed by atoms with Crippen LogP contribution in [0.5, 0.6) is 5.75 Å². The summed E-state index contributed by atoms with van der Waals surface area (Å²) in [6, 6.07) is 13.5. The molecule has 4 rings (SSSR count). The second kappa shape index (κ2) is 7.97. The highest BCUT2D eigenvalue weighted by atomic mass is 16.5. The molecule has 2 aromatic heterocycles. The van der Waals surface area contributed by atoms with Gasteiger partial charge in [0.15, 0.2) is 0 Å². The van der Waals surface area contributed by atoms with Crippen LogP contribution < -0.4 is 15.8 Å². The van der Waals surface area contributed by atoms with E-state index in [1.807, 2.05) is 49.4 Å². The zero-order valence-electron chi connectivity index (χ0n) is 16.2. The van der Waals surface area contributed by atoms with Crippen molar-refractivity contribution in [3.05, 3.63) is 52.8 Å². The van der Waals surface area contributed by atoms with Gasteiger partial charge in [0.25, 0.3) is 5.56 Å². The number of hydroxylamine groups is 1. The number of aromatic nitrogens is 2. The highest BCUT2D eigenvalue weighted by Gasteiger charge is 2.16.